The first kappa shape index (κ1) is 24.0. The standard InChI is InChI=1S/C28H29N3O4/c1-33-24-14-13-23(26(15-24)34-2)18-31(17-22-11-7-4-8-12-22)19-27-30-25(20-35-27)28(32)29-16-21-9-5-3-6-10-21/h3-15,20H,16-19H2,1-2H3,(H,29,32). The predicted molar refractivity (Wildman–Crippen MR) is 133 cm³/mol. The van der Waals surface area contributed by atoms with Gasteiger partial charge in [-0.05, 0) is 17.2 Å². The number of carbonyl (C=O) groups is 1. The molecule has 0 fully saturated rings. The lowest BCUT2D eigenvalue weighted by atomic mass is 10.1. The maximum absolute atomic E-state index is 12.6. The van der Waals surface area contributed by atoms with Gasteiger partial charge in [0.1, 0.15) is 17.8 Å². The molecular formula is C28H29N3O4. The lowest BCUT2D eigenvalue weighted by Crippen LogP contribution is -2.24. The fourth-order valence-corrected chi connectivity index (χ4v) is 3.78. The van der Waals surface area contributed by atoms with Crippen molar-refractivity contribution < 1.29 is 18.7 Å². The monoisotopic (exact) mass is 471 g/mol. The lowest BCUT2D eigenvalue weighted by molar-refractivity contribution is 0.0945. The van der Waals surface area contributed by atoms with Crippen molar-refractivity contribution in [2.24, 2.45) is 0 Å². The molecule has 0 spiro atoms. The van der Waals surface area contributed by atoms with Crippen LogP contribution in [-0.4, -0.2) is 30.0 Å². The quantitative estimate of drug-likeness (QED) is 0.338. The van der Waals surface area contributed by atoms with Crippen LogP contribution in [0.3, 0.4) is 0 Å². The van der Waals surface area contributed by atoms with Crippen LogP contribution in [0.15, 0.2) is 89.5 Å². The predicted octanol–water partition coefficient (Wildman–Crippen LogP) is 4.82. The van der Waals surface area contributed by atoms with Gasteiger partial charge >= 0.3 is 0 Å². The van der Waals surface area contributed by atoms with E-state index in [1.165, 1.54) is 6.26 Å². The smallest absolute Gasteiger partial charge is 0.273 e. The molecule has 180 valence electrons. The molecule has 7 nitrogen and oxygen atoms in total. The molecule has 0 bridgehead atoms. The molecular weight excluding hydrogens is 442 g/mol. The van der Waals surface area contributed by atoms with E-state index in [0.29, 0.717) is 32.1 Å². The average molecular weight is 472 g/mol. The van der Waals surface area contributed by atoms with E-state index in [-0.39, 0.29) is 11.6 Å². The molecule has 0 saturated heterocycles. The summed E-state index contributed by atoms with van der Waals surface area (Å²) in [6.45, 7) is 2.13. The molecule has 0 unspecified atom stereocenters. The number of oxazole rings is 1. The molecule has 1 heterocycles. The number of ether oxygens (including phenoxy) is 2. The molecule has 0 saturated carbocycles. The van der Waals surface area contributed by atoms with Crippen molar-refractivity contribution >= 4 is 5.91 Å². The molecule has 0 radical (unpaired) electrons. The van der Waals surface area contributed by atoms with E-state index in [2.05, 4.69) is 27.3 Å². The molecule has 0 atom stereocenters. The zero-order chi connectivity index (χ0) is 24.5. The Kier molecular flexibility index (Phi) is 8.14. The summed E-state index contributed by atoms with van der Waals surface area (Å²) >= 11 is 0. The Labute approximate surface area is 205 Å². The summed E-state index contributed by atoms with van der Waals surface area (Å²) < 4.78 is 16.6. The molecule has 0 aliphatic rings. The van der Waals surface area contributed by atoms with E-state index in [0.717, 1.165) is 28.2 Å². The Balaban J connectivity index is 1.47. The molecule has 4 aromatic rings. The number of nitrogens with one attached hydrogen (secondary N) is 1. The Hall–Kier alpha value is -4.10. The second-order valence-electron chi connectivity index (χ2n) is 8.10. The van der Waals surface area contributed by atoms with Gasteiger partial charge in [0.2, 0.25) is 5.89 Å². The maximum Gasteiger partial charge on any atom is 0.273 e. The highest BCUT2D eigenvalue weighted by molar-refractivity contribution is 5.91. The summed E-state index contributed by atoms with van der Waals surface area (Å²) in [7, 11) is 3.28. The van der Waals surface area contributed by atoms with E-state index < -0.39 is 0 Å². The topological polar surface area (TPSA) is 76.8 Å². The Morgan fingerprint density at radius 2 is 1.60 bits per heavy atom. The Morgan fingerprint density at radius 3 is 2.29 bits per heavy atom. The van der Waals surface area contributed by atoms with Gasteiger partial charge in [-0.3, -0.25) is 9.69 Å². The number of hydrogen-bond donors (Lipinski definition) is 1. The van der Waals surface area contributed by atoms with Crippen LogP contribution in [0, 0.1) is 0 Å². The second-order valence-corrected chi connectivity index (χ2v) is 8.10. The van der Waals surface area contributed by atoms with Crippen LogP contribution < -0.4 is 14.8 Å². The first-order chi connectivity index (χ1) is 17.1. The van der Waals surface area contributed by atoms with Crippen LogP contribution >= 0.6 is 0 Å². The first-order valence-corrected chi connectivity index (χ1v) is 11.4. The Morgan fingerprint density at radius 1 is 0.886 bits per heavy atom. The average Bonchev–Trinajstić information content (AvgIpc) is 3.37. The number of benzene rings is 3. The van der Waals surface area contributed by atoms with E-state index in [9.17, 15) is 4.79 Å². The molecule has 3 aromatic carbocycles. The SMILES string of the molecule is COc1ccc(CN(Cc2ccccc2)Cc2nc(C(=O)NCc3ccccc3)co2)c(OC)c1. The van der Waals surface area contributed by atoms with Gasteiger partial charge in [-0.25, -0.2) is 4.98 Å². The molecule has 0 aliphatic carbocycles. The van der Waals surface area contributed by atoms with Gasteiger partial charge in [-0.15, -0.1) is 0 Å². The van der Waals surface area contributed by atoms with Crippen LogP contribution in [0.2, 0.25) is 0 Å². The zero-order valence-electron chi connectivity index (χ0n) is 19.9. The molecule has 4 rings (SSSR count). The number of methoxy groups -OCH3 is 2. The van der Waals surface area contributed by atoms with Gasteiger partial charge in [-0.1, -0.05) is 66.7 Å². The number of rotatable bonds is 11. The largest absolute Gasteiger partial charge is 0.497 e. The van der Waals surface area contributed by atoms with Crippen LogP contribution in [0.1, 0.15) is 33.1 Å². The van der Waals surface area contributed by atoms with Crippen molar-refractivity contribution in [2.45, 2.75) is 26.2 Å². The highest BCUT2D eigenvalue weighted by Crippen LogP contribution is 2.27. The van der Waals surface area contributed by atoms with E-state index in [4.69, 9.17) is 13.9 Å². The molecule has 1 aromatic heterocycles. The lowest BCUT2D eigenvalue weighted by Gasteiger charge is -2.22. The summed E-state index contributed by atoms with van der Waals surface area (Å²) in [6.07, 6.45) is 1.41. The number of carbonyl (C=O) groups excluding carboxylic acids is 1. The molecule has 1 amide bonds. The van der Waals surface area contributed by atoms with Crippen molar-refractivity contribution in [3.05, 3.63) is 113 Å². The van der Waals surface area contributed by atoms with Crippen molar-refractivity contribution in [3.63, 3.8) is 0 Å². The molecule has 1 N–H and O–H groups in total. The van der Waals surface area contributed by atoms with Crippen LogP contribution in [0.5, 0.6) is 11.5 Å². The maximum atomic E-state index is 12.6. The number of hydrogen-bond acceptors (Lipinski definition) is 6. The minimum absolute atomic E-state index is 0.262. The van der Waals surface area contributed by atoms with E-state index in [1.54, 1.807) is 14.2 Å². The fraction of sp³-hybridized carbons (Fsp3) is 0.214. The summed E-state index contributed by atoms with van der Waals surface area (Å²) in [5.74, 6) is 1.68. The van der Waals surface area contributed by atoms with Crippen molar-refractivity contribution in [3.8, 4) is 11.5 Å². The zero-order valence-corrected chi connectivity index (χ0v) is 19.9. The molecule has 0 aliphatic heterocycles. The summed E-state index contributed by atoms with van der Waals surface area (Å²) in [5, 5.41) is 2.88. The van der Waals surface area contributed by atoms with Crippen molar-refractivity contribution in [1.29, 1.82) is 0 Å². The van der Waals surface area contributed by atoms with Gasteiger partial charge < -0.3 is 19.2 Å². The minimum Gasteiger partial charge on any atom is -0.497 e. The van der Waals surface area contributed by atoms with Crippen LogP contribution in [-0.2, 0) is 26.2 Å². The van der Waals surface area contributed by atoms with Gasteiger partial charge in [-0.2, -0.15) is 0 Å². The highest BCUT2D eigenvalue weighted by Gasteiger charge is 2.17. The van der Waals surface area contributed by atoms with Gasteiger partial charge in [0.25, 0.3) is 5.91 Å². The van der Waals surface area contributed by atoms with E-state index in [1.807, 2.05) is 66.7 Å². The van der Waals surface area contributed by atoms with Crippen molar-refractivity contribution in [2.75, 3.05) is 14.2 Å². The number of nitrogens with zero attached hydrogens (tertiary/aromatic N) is 2. The van der Waals surface area contributed by atoms with Gasteiger partial charge in [0.05, 0.1) is 20.8 Å². The first-order valence-electron chi connectivity index (χ1n) is 11.4. The summed E-state index contributed by atoms with van der Waals surface area (Å²) in [5.41, 5.74) is 3.45. The fourth-order valence-electron chi connectivity index (χ4n) is 3.78. The normalized spacial score (nSPS) is 10.8. The van der Waals surface area contributed by atoms with E-state index >= 15 is 0 Å². The van der Waals surface area contributed by atoms with Crippen molar-refractivity contribution in [1.82, 2.24) is 15.2 Å². The summed E-state index contributed by atoms with van der Waals surface area (Å²) in [4.78, 5) is 19.2. The molecule has 7 heteroatoms. The third-order valence-electron chi connectivity index (χ3n) is 5.58. The number of amides is 1. The van der Waals surface area contributed by atoms with Gasteiger partial charge in [0.15, 0.2) is 5.69 Å². The number of aromatic nitrogens is 1. The minimum atomic E-state index is -0.268. The van der Waals surface area contributed by atoms with Gasteiger partial charge in [0, 0.05) is 31.3 Å². The third-order valence-corrected chi connectivity index (χ3v) is 5.58. The Bertz CT molecular complexity index is 1230. The highest BCUT2D eigenvalue weighted by atomic mass is 16.5. The third kappa shape index (κ3) is 6.71. The summed E-state index contributed by atoms with van der Waals surface area (Å²) in [6, 6.07) is 25.7. The van der Waals surface area contributed by atoms with Crippen LogP contribution in [0.4, 0.5) is 0 Å². The van der Waals surface area contributed by atoms with Crippen LogP contribution in [0.25, 0.3) is 0 Å². The molecule has 35 heavy (non-hydrogen) atoms. The second kappa shape index (κ2) is 11.9.